The molecule has 1 fully saturated rings. The van der Waals surface area contributed by atoms with E-state index in [-0.39, 0.29) is 0 Å². The van der Waals surface area contributed by atoms with Crippen molar-refractivity contribution < 1.29 is 0 Å². The molecule has 0 unspecified atom stereocenters. The largest absolute Gasteiger partial charge is 0.311 e. The van der Waals surface area contributed by atoms with Gasteiger partial charge in [0.1, 0.15) is 0 Å². The van der Waals surface area contributed by atoms with Crippen LogP contribution < -0.4 is 5.32 Å². The lowest BCUT2D eigenvalue weighted by Crippen LogP contribution is -2.40. The second kappa shape index (κ2) is 10.7. The number of unbranched alkanes of at least 4 members (excludes halogenated alkanes) is 4. The van der Waals surface area contributed by atoms with Crippen molar-refractivity contribution in [3.63, 3.8) is 0 Å². The van der Waals surface area contributed by atoms with Gasteiger partial charge in [-0.15, -0.1) is 0 Å². The van der Waals surface area contributed by atoms with E-state index in [4.69, 9.17) is 0 Å². The quantitative estimate of drug-likeness (QED) is 0.475. The molecule has 0 amide bonds. The summed E-state index contributed by atoms with van der Waals surface area (Å²) in [5.74, 6) is 0.958. The fourth-order valence-corrected chi connectivity index (χ4v) is 3.56. The van der Waals surface area contributed by atoms with Crippen LogP contribution in [0, 0.1) is 5.92 Å². The van der Waals surface area contributed by atoms with Gasteiger partial charge >= 0.3 is 0 Å². The van der Waals surface area contributed by atoms with Gasteiger partial charge in [-0.1, -0.05) is 65.2 Å². The highest BCUT2D eigenvalue weighted by atomic mass is 14.9. The van der Waals surface area contributed by atoms with Crippen LogP contribution in [0.5, 0.6) is 0 Å². The van der Waals surface area contributed by atoms with E-state index < -0.39 is 0 Å². The molecule has 0 bridgehead atoms. The number of hydrogen-bond donors (Lipinski definition) is 1. The van der Waals surface area contributed by atoms with E-state index in [0.717, 1.165) is 18.0 Å². The van der Waals surface area contributed by atoms with Gasteiger partial charge in [0.05, 0.1) is 0 Å². The van der Waals surface area contributed by atoms with Gasteiger partial charge in [0, 0.05) is 12.1 Å². The highest BCUT2D eigenvalue weighted by molar-refractivity contribution is 4.80. The summed E-state index contributed by atoms with van der Waals surface area (Å²) >= 11 is 0. The van der Waals surface area contributed by atoms with E-state index in [2.05, 4.69) is 26.1 Å². The zero-order valence-electron chi connectivity index (χ0n) is 13.7. The maximum atomic E-state index is 3.98. The minimum absolute atomic E-state index is 0.746. The molecule has 19 heavy (non-hydrogen) atoms. The normalized spacial score (nSPS) is 18.3. The van der Waals surface area contributed by atoms with Crippen LogP contribution >= 0.6 is 0 Å². The first-order valence-corrected chi connectivity index (χ1v) is 9.04. The van der Waals surface area contributed by atoms with Crippen molar-refractivity contribution in [1.82, 2.24) is 5.32 Å². The first-order chi connectivity index (χ1) is 9.27. The zero-order chi connectivity index (χ0) is 13.9. The van der Waals surface area contributed by atoms with E-state index in [9.17, 15) is 0 Å². The Morgan fingerprint density at radius 2 is 1.42 bits per heavy atom. The van der Waals surface area contributed by atoms with Gasteiger partial charge in [-0.2, -0.15) is 0 Å². The molecule has 1 heteroatoms. The van der Waals surface area contributed by atoms with Gasteiger partial charge < -0.3 is 5.32 Å². The third kappa shape index (κ3) is 7.34. The average molecular weight is 268 g/mol. The summed E-state index contributed by atoms with van der Waals surface area (Å²) in [6.07, 6.45) is 17.0. The Kier molecular flexibility index (Phi) is 9.59. The third-order valence-corrected chi connectivity index (χ3v) is 4.92. The molecule has 114 valence electrons. The minimum atomic E-state index is 0.746. The molecule has 0 radical (unpaired) electrons. The van der Waals surface area contributed by atoms with Crippen LogP contribution in [0.2, 0.25) is 0 Å². The van der Waals surface area contributed by atoms with E-state index in [0.29, 0.717) is 0 Å². The maximum absolute atomic E-state index is 3.98. The molecule has 1 saturated carbocycles. The van der Waals surface area contributed by atoms with Gasteiger partial charge in [-0.3, -0.25) is 0 Å². The molecule has 1 atom stereocenters. The molecule has 1 N–H and O–H groups in total. The van der Waals surface area contributed by atoms with Gasteiger partial charge in [0.25, 0.3) is 0 Å². The minimum Gasteiger partial charge on any atom is -0.311 e. The van der Waals surface area contributed by atoms with Crippen LogP contribution in [-0.2, 0) is 0 Å². The van der Waals surface area contributed by atoms with Gasteiger partial charge in [-0.05, 0) is 38.5 Å². The molecule has 1 aliphatic carbocycles. The monoisotopic (exact) mass is 267 g/mol. The molecule has 0 heterocycles. The van der Waals surface area contributed by atoms with Gasteiger partial charge in [-0.25, -0.2) is 0 Å². The number of nitrogens with one attached hydrogen (secondary N) is 1. The van der Waals surface area contributed by atoms with Crippen LogP contribution in [0.4, 0.5) is 0 Å². The molecule has 1 aliphatic rings. The van der Waals surface area contributed by atoms with Crippen LogP contribution in [0.3, 0.4) is 0 Å². The highest BCUT2D eigenvalue weighted by Crippen LogP contribution is 2.28. The molecule has 1 rings (SSSR count). The number of rotatable bonds is 11. The van der Waals surface area contributed by atoms with E-state index >= 15 is 0 Å². The summed E-state index contributed by atoms with van der Waals surface area (Å²) in [5, 5.41) is 3.98. The van der Waals surface area contributed by atoms with E-state index in [1.54, 1.807) is 0 Å². The van der Waals surface area contributed by atoms with Crippen molar-refractivity contribution in [2.24, 2.45) is 5.92 Å². The Balaban J connectivity index is 2.28. The van der Waals surface area contributed by atoms with E-state index in [1.807, 2.05) is 0 Å². The summed E-state index contributed by atoms with van der Waals surface area (Å²) in [4.78, 5) is 0. The summed E-state index contributed by atoms with van der Waals surface area (Å²) < 4.78 is 0. The first kappa shape index (κ1) is 17.0. The average Bonchev–Trinajstić information content (AvgIpc) is 2.93. The van der Waals surface area contributed by atoms with Crippen molar-refractivity contribution in [3.05, 3.63) is 0 Å². The standard InChI is InChI=1S/C18H37N/c1-4-6-8-14-18(15-9-7-5-2)19-16(3)17-12-10-11-13-17/h16-19H,4-15H2,1-3H3/t16-/m0/s1. The molecular formula is C18H37N. The molecule has 0 aromatic rings. The van der Waals surface area contributed by atoms with Crippen molar-refractivity contribution in [2.75, 3.05) is 0 Å². The predicted octanol–water partition coefficient (Wildman–Crippen LogP) is 5.68. The van der Waals surface area contributed by atoms with Crippen molar-refractivity contribution in [3.8, 4) is 0 Å². The summed E-state index contributed by atoms with van der Waals surface area (Å²) in [7, 11) is 0. The second-order valence-electron chi connectivity index (χ2n) is 6.69. The second-order valence-corrected chi connectivity index (χ2v) is 6.69. The van der Waals surface area contributed by atoms with Crippen LogP contribution in [0.15, 0.2) is 0 Å². The van der Waals surface area contributed by atoms with Crippen molar-refractivity contribution in [2.45, 2.75) is 110 Å². The zero-order valence-corrected chi connectivity index (χ0v) is 13.7. The highest BCUT2D eigenvalue weighted by Gasteiger charge is 2.23. The van der Waals surface area contributed by atoms with E-state index in [1.165, 1.54) is 77.0 Å². The predicted molar refractivity (Wildman–Crippen MR) is 86.6 cm³/mol. The summed E-state index contributed by atoms with van der Waals surface area (Å²) in [6.45, 7) is 7.05. The lowest BCUT2D eigenvalue weighted by Gasteiger charge is -2.27. The Morgan fingerprint density at radius 1 is 0.895 bits per heavy atom. The Hall–Kier alpha value is -0.0400. The summed E-state index contributed by atoms with van der Waals surface area (Å²) in [6, 6.07) is 1.53. The number of hydrogen-bond acceptors (Lipinski definition) is 1. The summed E-state index contributed by atoms with van der Waals surface area (Å²) in [5.41, 5.74) is 0. The Labute approximate surface area is 121 Å². The van der Waals surface area contributed by atoms with Gasteiger partial charge in [0.2, 0.25) is 0 Å². The Morgan fingerprint density at radius 3 is 1.89 bits per heavy atom. The molecule has 0 aromatic carbocycles. The maximum Gasteiger partial charge on any atom is 0.00696 e. The molecule has 0 saturated heterocycles. The van der Waals surface area contributed by atoms with Crippen LogP contribution in [0.1, 0.15) is 97.8 Å². The fourth-order valence-electron chi connectivity index (χ4n) is 3.56. The van der Waals surface area contributed by atoms with Crippen molar-refractivity contribution in [1.29, 1.82) is 0 Å². The van der Waals surface area contributed by atoms with Crippen LogP contribution in [0.25, 0.3) is 0 Å². The SMILES string of the molecule is CCCCCC(CCCCC)N[C@@H](C)C1CCCC1. The molecule has 0 aromatic heterocycles. The van der Waals surface area contributed by atoms with Crippen molar-refractivity contribution >= 4 is 0 Å². The first-order valence-electron chi connectivity index (χ1n) is 9.04. The Bertz CT molecular complexity index is 186. The lowest BCUT2D eigenvalue weighted by atomic mass is 9.96. The topological polar surface area (TPSA) is 12.0 Å². The molecule has 0 aliphatic heterocycles. The van der Waals surface area contributed by atoms with Gasteiger partial charge in [0.15, 0.2) is 0 Å². The molecule has 0 spiro atoms. The fraction of sp³-hybridized carbons (Fsp3) is 1.00. The lowest BCUT2D eigenvalue weighted by molar-refractivity contribution is 0.312. The molecule has 1 nitrogen and oxygen atoms in total. The smallest absolute Gasteiger partial charge is 0.00696 e. The van der Waals surface area contributed by atoms with Crippen LogP contribution in [-0.4, -0.2) is 12.1 Å². The third-order valence-electron chi connectivity index (χ3n) is 4.92. The molecular weight excluding hydrogens is 230 g/mol.